The fourth-order valence-electron chi connectivity index (χ4n) is 4.55. The van der Waals surface area contributed by atoms with Crippen molar-refractivity contribution in [2.75, 3.05) is 25.4 Å². The molecule has 2 aromatic heterocycles. The van der Waals surface area contributed by atoms with Gasteiger partial charge < -0.3 is 15.5 Å². The van der Waals surface area contributed by atoms with Gasteiger partial charge in [-0.1, -0.05) is 30.3 Å². The predicted molar refractivity (Wildman–Crippen MR) is 135 cm³/mol. The van der Waals surface area contributed by atoms with Crippen molar-refractivity contribution in [1.82, 2.24) is 19.4 Å². The third kappa shape index (κ3) is 5.18. The molecule has 3 heterocycles. The molecule has 3 aromatic rings. The number of benzene rings is 1. The largest absolute Gasteiger partial charge is 0.459 e. The van der Waals surface area contributed by atoms with Gasteiger partial charge in [-0.05, 0) is 38.3 Å². The highest BCUT2D eigenvalue weighted by atomic mass is 16.3. The summed E-state index contributed by atoms with van der Waals surface area (Å²) in [5, 5.41) is 2.98. The van der Waals surface area contributed by atoms with Crippen molar-refractivity contribution < 1.29 is 14.0 Å². The third-order valence-electron chi connectivity index (χ3n) is 6.60. The Morgan fingerprint density at radius 3 is 2.39 bits per heavy atom. The quantitative estimate of drug-likeness (QED) is 0.456. The molecule has 36 heavy (non-hydrogen) atoms. The highest BCUT2D eigenvalue weighted by Crippen LogP contribution is 2.15. The molecule has 0 unspecified atom stereocenters. The van der Waals surface area contributed by atoms with E-state index >= 15 is 0 Å². The molecule has 0 radical (unpaired) electrons. The van der Waals surface area contributed by atoms with Gasteiger partial charge in [-0.15, -0.1) is 0 Å². The van der Waals surface area contributed by atoms with Gasteiger partial charge in [0.1, 0.15) is 11.4 Å². The van der Waals surface area contributed by atoms with Gasteiger partial charge in [0.15, 0.2) is 11.5 Å². The van der Waals surface area contributed by atoms with Gasteiger partial charge in [0.25, 0.3) is 11.5 Å². The van der Waals surface area contributed by atoms with Gasteiger partial charge in [0, 0.05) is 31.2 Å². The number of ketones is 1. The summed E-state index contributed by atoms with van der Waals surface area (Å²) in [5.74, 6) is -0.476. The first-order valence-corrected chi connectivity index (χ1v) is 12.1. The Bertz CT molecular complexity index is 1360. The minimum atomic E-state index is -0.662. The van der Waals surface area contributed by atoms with Crippen molar-refractivity contribution in [3.05, 3.63) is 86.0 Å². The summed E-state index contributed by atoms with van der Waals surface area (Å²) >= 11 is 0. The van der Waals surface area contributed by atoms with Crippen LogP contribution in [0.25, 0.3) is 0 Å². The van der Waals surface area contributed by atoms with Crippen LogP contribution in [0, 0.1) is 6.92 Å². The predicted octanol–water partition coefficient (Wildman–Crippen LogP) is 1.64. The van der Waals surface area contributed by atoms with E-state index in [1.54, 1.807) is 13.0 Å². The summed E-state index contributed by atoms with van der Waals surface area (Å²) in [7, 11) is 0. The van der Waals surface area contributed by atoms with Crippen LogP contribution in [0.4, 0.5) is 5.82 Å². The Hall–Kier alpha value is -3.92. The van der Waals surface area contributed by atoms with E-state index in [0.29, 0.717) is 31.7 Å². The van der Waals surface area contributed by atoms with Crippen molar-refractivity contribution in [3.8, 4) is 0 Å². The van der Waals surface area contributed by atoms with Gasteiger partial charge in [-0.25, -0.2) is 4.79 Å². The van der Waals surface area contributed by atoms with E-state index in [4.69, 9.17) is 10.2 Å². The Kier molecular flexibility index (Phi) is 7.54. The number of Topliss-reactive ketones (excluding diaryl/α,β-unsaturated/α-hetero) is 1. The van der Waals surface area contributed by atoms with E-state index in [1.807, 2.05) is 42.2 Å². The van der Waals surface area contributed by atoms with Crippen LogP contribution in [0.5, 0.6) is 0 Å². The van der Waals surface area contributed by atoms with E-state index in [2.05, 4.69) is 5.32 Å². The minimum absolute atomic E-state index is 0.00462. The average molecular weight is 494 g/mol. The van der Waals surface area contributed by atoms with E-state index < -0.39 is 17.0 Å². The number of rotatable bonds is 8. The summed E-state index contributed by atoms with van der Waals surface area (Å²) in [6.45, 7) is 4.93. The highest BCUT2D eigenvalue weighted by molar-refractivity contribution is 6.01. The van der Waals surface area contributed by atoms with Crippen LogP contribution < -0.4 is 22.3 Å². The molecular formula is C26H31N5O5. The zero-order valence-corrected chi connectivity index (χ0v) is 20.5. The summed E-state index contributed by atoms with van der Waals surface area (Å²) in [6.07, 6.45) is 2.79. The Morgan fingerprint density at radius 1 is 1.08 bits per heavy atom. The number of nitrogens with zero attached hydrogens (tertiary/aromatic N) is 3. The number of anilines is 1. The van der Waals surface area contributed by atoms with Gasteiger partial charge >= 0.3 is 5.69 Å². The second-order valence-electron chi connectivity index (χ2n) is 9.04. The number of carbonyl (C=O) groups excluding carboxylic acids is 2. The SMILES string of the molecule is CCn1c(=O)c(C(=O)CN2CCC(NC(=O)c3occc3C)CC2)c(N)n(Cc2ccccc2)c1=O. The number of furan rings is 1. The van der Waals surface area contributed by atoms with Gasteiger partial charge in [-0.2, -0.15) is 0 Å². The molecule has 10 heteroatoms. The summed E-state index contributed by atoms with van der Waals surface area (Å²) in [5.41, 5.74) is 6.51. The van der Waals surface area contributed by atoms with E-state index in [9.17, 15) is 19.2 Å². The number of nitrogens with two attached hydrogens (primary N) is 1. The number of hydrogen-bond acceptors (Lipinski definition) is 7. The monoisotopic (exact) mass is 493 g/mol. The molecule has 1 saturated heterocycles. The summed E-state index contributed by atoms with van der Waals surface area (Å²) in [4.78, 5) is 53.5. The van der Waals surface area contributed by atoms with Crippen LogP contribution in [0.3, 0.4) is 0 Å². The molecule has 190 valence electrons. The van der Waals surface area contributed by atoms with Crippen LogP contribution in [0.15, 0.2) is 56.7 Å². The molecule has 0 spiro atoms. The first-order valence-electron chi connectivity index (χ1n) is 12.1. The number of amides is 1. The smallest absolute Gasteiger partial charge is 0.332 e. The van der Waals surface area contributed by atoms with Crippen molar-refractivity contribution >= 4 is 17.5 Å². The number of hydrogen-bond donors (Lipinski definition) is 2. The maximum absolute atomic E-state index is 13.3. The molecule has 0 bridgehead atoms. The summed E-state index contributed by atoms with van der Waals surface area (Å²) < 4.78 is 7.58. The maximum atomic E-state index is 13.3. The molecule has 1 aromatic carbocycles. The van der Waals surface area contributed by atoms with Crippen LogP contribution in [-0.2, 0) is 13.1 Å². The Morgan fingerprint density at radius 2 is 1.78 bits per heavy atom. The molecule has 0 aliphatic carbocycles. The zero-order chi connectivity index (χ0) is 25.8. The topological polar surface area (TPSA) is 133 Å². The minimum Gasteiger partial charge on any atom is -0.459 e. The lowest BCUT2D eigenvalue weighted by Crippen LogP contribution is -2.48. The molecule has 1 aliphatic heterocycles. The lowest BCUT2D eigenvalue weighted by atomic mass is 10.0. The number of carbonyl (C=O) groups is 2. The number of aryl methyl sites for hydroxylation is 1. The van der Waals surface area contributed by atoms with E-state index in [0.717, 1.165) is 15.7 Å². The fraction of sp³-hybridized carbons (Fsp3) is 0.385. The molecule has 1 fully saturated rings. The highest BCUT2D eigenvalue weighted by Gasteiger charge is 2.27. The Labute approximate surface area is 208 Å². The average Bonchev–Trinajstić information content (AvgIpc) is 3.30. The second-order valence-corrected chi connectivity index (χ2v) is 9.04. The first-order chi connectivity index (χ1) is 17.3. The number of nitrogens with one attached hydrogen (secondary N) is 1. The van der Waals surface area contributed by atoms with E-state index in [1.165, 1.54) is 10.8 Å². The fourth-order valence-corrected chi connectivity index (χ4v) is 4.55. The van der Waals surface area contributed by atoms with Crippen LogP contribution >= 0.6 is 0 Å². The van der Waals surface area contributed by atoms with Gasteiger partial charge in [-0.3, -0.25) is 28.4 Å². The van der Waals surface area contributed by atoms with Crippen LogP contribution in [0.1, 0.15) is 51.8 Å². The number of piperidine rings is 1. The molecule has 3 N–H and O–H groups in total. The molecule has 4 rings (SSSR count). The van der Waals surface area contributed by atoms with Crippen LogP contribution in [0.2, 0.25) is 0 Å². The Balaban J connectivity index is 1.46. The molecular weight excluding hydrogens is 462 g/mol. The molecule has 10 nitrogen and oxygen atoms in total. The lowest BCUT2D eigenvalue weighted by Gasteiger charge is -2.31. The van der Waals surface area contributed by atoms with Crippen LogP contribution in [-0.4, -0.2) is 51.4 Å². The normalized spacial score (nSPS) is 14.6. The van der Waals surface area contributed by atoms with Crippen molar-refractivity contribution in [2.45, 2.75) is 45.8 Å². The maximum Gasteiger partial charge on any atom is 0.332 e. The molecule has 0 atom stereocenters. The standard InChI is InChI=1S/C26H31N5O5/c1-3-30-25(34)21(23(27)31(26(30)35)15-18-7-5-4-6-8-18)20(32)16-29-12-9-19(10-13-29)28-24(33)22-17(2)11-14-36-22/h4-8,11,14,19H,3,9-10,12-13,15-16,27H2,1-2H3,(H,28,33). The number of likely N-dealkylation sites (tertiary alicyclic amines) is 1. The molecule has 1 aliphatic rings. The summed E-state index contributed by atoms with van der Waals surface area (Å²) in [6, 6.07) is 11.0. The van der Waals surface area contributed by atoms with Crippen molar-refractivity contribution in [3.63, 3.8) is 0 Å². The van der Waals surface area contributed by atoms with Crippen molar-refractivity contribution in [1.29, 1.82) is 0 Å². The van der Waals surface area contributed by atoms with Gasteiger partial charge in [0.05, 0.1) is 19.4 Å². The second kappa shape index (κ2) is 10.8. The number of aromatic nitrogens is 2. The third-order valence-corrected chi connectivity index (χ3v) is 6.60. The van der Waals surface area contributed by atoms with E-state index in [-0.39, 0.29) is 43.0 Å². The first kappa shape index (κ1) is 25.2. The molecule has 1 amide bonds. The number of nitrogen functional groups attached to an aromatic ring is 1. The van der Waals surface area contributed by atoms with Gasteiger partial charge in [0.2, 0.25) is 0 Å². The zero-order valence-electron chi connectivity index (χ0n) is 20.5. The lowest BCUT2D eigenvalue weighted by molar-refractivity contribution is 0.0842. The van der Waals surface area contributed by atoms with Crippen molar-refractivity contribution in [2.24, 2.45) is 0 Å². The molecule has 0 saturated carbocycles.